The Labute approximate surface area is 364 Å². The monoisotopic (exact) mass is 880 g/mol. The van der Waals surface area contributed by atoms with Gasteiger partial charge in [-0.2, -0.15) is 0 Å². The number of nitrogens with one attached hydrogen (secondary N) is 2. The third kappa shape index (κ3) is 14.0. The minimum Gasteiger partial charge on any atom is -0.466 e. The molecule has 0 bridgehead atoms. The largest absolute Gasteiger partial charge is 0.466 e. The van der Waals surface area contributed by atoms with Gasteiger partial charge in [0.2, 0.25) is 0 Å². The lowest BCUT2D eigenvalue weighted by Gasteiger charge is -2.14. The van der Waals surface area contributed by atoms with Crippen molar-refractivity contribution in [3.63, 3.8) is 0 Å². The second-order valence-electron chi connectivity index (χ2n) is 13.7. The Morgan fingerprint density at radius 1 is 0.548 bits per heavy atom. The first-order valence-corrected chi connectivity index (χ1v) is 22.9. The molecule has 0 aromatic heterocycles. The Kier molecular flexibility index (Phi) is 17.8. The highest BCUT2D eigenvalue weighted by molar-refractivity contribution is 7.93. The molecule has 0 spiro atoms. The normalized spacial score (nSPS) is 11.1. The lowest BCUT2D eigenvalue weighted by molar-refractivity contribution is -0.143. The van der Waals surface area contributed by atoms with Gasteiger partial charge < -0.3 is 14.2 Å². The van der Waals surface area contributed by atoms with E-state index in [0.29, 0.717) is 37.6 Å². The van der Waals surface area contributed by atoms with E-state index < -0.39 is 26.0 Å². The van der Waals surface area contributed by atoms with Crippen LogP contribution in [0.4, 0.5) is 11.4 Å². The molecule has 0 atom stereocenters. The summed E-state index contributed by atoms with van der Waals surface area (Å²) in [5.41, 5.74) is 4.74. The molecule has 0 unspecified atom stereocenters. The highest BCUT2D eigenvalue weighted by Crippen LogP contribution is 2.31. The first-order valence-electron chi connectivity index (χ1n) is 19.9. The summed E-state index contributed by atoms with van der Waals surface area (Å²) in [6.45, 7) is 11.7. The van der Waals surface area contributed by atoms with Crippen LogP contribution in [0.3, 0.4) is 0 Å². The fraction of sp³-hybridized carbons (Fsp3) is 0.229. The number of hydrogen-bond acceptors (Lipinski definition) is 10. The van der Waals surface area contributed by atoms with E-state index in [0.717, 1.165) is 43.8 Å². The van der Waals surface area contributed by atoms with E-state index in [2.05, 4.69) is 14.2 Å². The van der Waals surface area contributed by atoms with Crippen molar-refractivity contribution in [2.75, 3.05) is 29.3 Å². The number of fused-ring (bicyclic) bond motifs is 2. The van der Waals surface area contributed by atoms with Gasteiger partial charge in [-0.05, 0) is 105 Å². The average molecular weight is 881 g/mol. The van der Waals surface area contributed by atoms with E-state index in [4.69, 9.17) is 9.47 Å². The van der Waals surface area contributed by atoms with Crippen LogP contribution in [0.1, 0.15) is 56.4 Å². The van der Waals surface area contributed by atoms with Crippen molar-refractivity contribution in [2.24, 2.45) is 0 Å². The molecule has 0 saturated carbocycles. The van der Waals surface area contributed by atoms with Crippen molar-refractivity contribution in [2.45, 2.75) is 64.2 Å². The van der Waals surface area contributed by atoms with Crippen LogP contribution in [0, 0.1) is 13.8 Å². The number of esters is 3. The van der Waals surface area contributed by atoms with Crippen LogP contribution >= 0.6 is 0 Å². The molecular formula is C48H52N2O10S2. The molecule has 326 valence electrons. The highest BCUT2D eigenvalue weighted by atomic mass is 32.2. The maximum absolute atomic E-state index is 12.8. The molecule has 6 aromatic carbocycles. The Bertz CT molecular complexity index is 2730. The fourth-order valence-corrected chi connectivity index (χ4v) is 8.25. The molecule has 14 heteroatoms. The second kappa shape index (κ2) is 22.9. The van der Waals surface area contributed by atoms with Crippen molar-refractivity contribution in [1.82, 2.24) is 0 Å². The Hall–Kier alpha value is -6.51. The minimum atomic E-state index is -3.71. The van der Waals surface area contributed by atoms with E-state index in [1.54, 1.807) is 93.6 Å². The van der Waals surface area contributed by atoms with E-state index in [1.807, 2.05) is 68.4 Å². The summed E-state index contributed by atoms with van der Waals surface area (Å²) in [5.74, 6) is -0.871. The van der Waals surface area contributed by atoms with Gasteiger partial charge >= 0.3 is 17.9 Å². The molecule has 6 aromatic rings. The lowest BCUT2D eigenvalue weighted by Crippen LogP contribution is -2.13. The predicted octanol–water partition coefficient (Wildman–Crippen LogP) is 9.54. The van der Waals surface area contributed by atoms with E-state index in [9.17, 15) is 31.2 Å². The Morgan fingerprint density at radius 3 is 1.47 bits per heavy atom. The third-order valence-corrected chi connectivity index (χ3v) is 11.8. The number of ether oxygens (including phenoxy) is 3. The van der Waals surface area contributed by atoms with Gasteiger partial charge in [0.15, 0.2) is 0 Å². The molecule has 62 heavy (non-hydrogen) atoms. The van der Waals surface area contributed by atoms with Crippen LogP contribution in [-0.2, 0) is 55.1 Å². The lowest BCUT2D eigenvalue weighted by atomic mass is 10.00. The van der Waals surface area contributed by atoms with Gasteiger partial charge in [-0.3, -0.25) is 19.0 Å². The topological polar surface area (TPSA) is 171 Å². The van der Waals surface area contributed by atoms with Crippen LogP contribution in [0.15, 0.2) is 137 Å². The van der Waals surface area contributed by atoms with Crippen LogP contribution in [0.5, 0.6) is 0 Å². The number of rotatable bonds is 14. The van der Waals surface area contributed by atoms with Crippen LogP contribution in [0.25, 0.3) is 27.6 Å². The van der Waals surface area contributed by atoms with Crippen molar-refractivity contribution >= 4 is 77.0 Å². The van der Waals surface area contributed by atoms with E-state index >= 15 is 0 Å². The van der Waals surface area contributed by atoms with Gasteiger partial charge in [0.1, 0.15) is 0 Å². The standard InChI is InChI=1S/C22H23NO4S.C22H21NO4S.C4H8O2/c2*1-3-27-22(24)15-11-17-10-14-21(20-7-5-4-6-19(17)20)23-28(25,26)18-12-8-16(2)9-13-18;1-3-6-4(2)5/h4-10,12-14,23H,3,11,15H2,1-2H3;4-15,23H,3H2,1-2H3;3H2,1-2H3/b;15-11+;. The predicted molar refractivity (Wildman–Crippen MR) is 245 cm³/mol. The summed E-state index contributed by atoms with van der Waals surface area (Å²) in [6.07, 6.45) is 3.84. The molecule has 0 fully saturated rings. The van der Waals surface area contributed by atoms with Gasteiger partial charge in [0.05, 0.1) is 41.0 Å². The van der Waals surface area contributed by atoms with Crippen molar-refractivity contribution in [1.29, 1.82) is 0 Å². The van der Waals surface area contributed by atoms with Crippen molar-refractivity contribution < 1.29 is 45.4 Å². The Morgan fingerprint density at radius 2 is 1.00 bits per heavy atom. The van der Waals surface area contributed by atoms with Gasteiger partial charge in [-0.1, -0.05) is 96.1 Å². The van der Waals surface area contributed by atoms with E-state index in [-0.39, 0.29) is 28.2 Å². The first-order chi connectivity index (χ1) is 29.6. The van der Waals surface area contributed by atoms with E-state index in [1.165, 1.54) is 13.0 Å². The van der Waals surface area contributed by atoms with Crippen molar-refractivity contribution in [3.8, 4) is 0 Å². The molecule has 0 radical (unpaired) electrons. The zero-order valence-corrected chi connectivity index (χ0v) is 37.3. The molecule has 0 saturated heterocycles. The quantitative estimate of drug-likeness (QED) is 0.0610. The molecule has 6 rings (SSSR count). The maximum atomic E-state index is 12.8. The maximum Gasteiger partial charge on any atom is 0.330 e. The number of hydrogen-bond donors (Lipinski definition) is 2. The van der Waals surface area contributed by atoms with Gasteiger partial charge in [-0.25, -0.2) is 21.6 Å². The molecule has 0 aliphatic carbocycles. The molecule has 2 N–H and O–H groups in total. The summed E-state index contributed by atoms with van der Waals surface area (Å²) >= 11 is 0. The first kappa shape index (κ1) is 48.2. The SMILES string of the molecule is CCOC(=O)/C=C/c1ccc(NS(=O)(=O)c2ccc(C)cc2)c2ccccc12.CCOC(=O)CCc1ccc(NS(=O)(=O)c2ccc(C)cc2)c2ccccc12.CCOC(C)=O. The summed E-state index contributed by atoms with van der Waals surface area (Å²) in [5, 5.41) is 3.27. The Balaban J connectivity index is 0.000000241. The minimum absolute atomic E-state index is 0.202. The van der Waals surface area contributed by atoms with Gasteiger partial charge in [0.25, 0.3) is 20.0 Å². The molecule has 12 nitrogen and oxygen atoms in total. The molecule has 0 amide bonds. The van der Waals surface area contributed by atoms with Gasteiger partial charge in [-0.15, -0.1) is 0 Å². The van der Waals surface area contributed by atoms with Gasteiger partial charge in [0, 0.05) is 30.2 Å². The van der Waals surface area contributed by atoms with Crippen LogP contribution < -0.4 is 9.44 Å². The molecular weight excluding hydrogens is 829 g/mol. The summed E-state index contributed by atoms with van der Waals surface area (Å²) < 4.78 is 70.7. The highest BCUT2D eigenvalue weighted by Gasteiger charge is 2.18. The third-order valence-electron chi connectivity index (χ3n) is 9.06. The zero-order chi connectivity index (χ0) is 45.3. The summed E-state index contributed by atoms with van der Waals surface area (Å²) in [4.78, 5) is 33.5. The smallest absolute Gasteiger partial charge is 0.330 e. The van der Waals surface area contributed by atoms with Crippen molar-refractivity contribution in [3.05, 3.63) is 150 Å². The molecule has 0 heterocycles. The number of anilines is 2. The number of sulfonamides is 2. The van der Waals surface area contributed by atoms with Crippen LogP contribution in [-0.4, -0.2) is 54.6 Å². The fourth-order valence-electron chi connectivity index (χ4n) is 6.09. The summed E-state index contributed by atoms with van der Waals surface area (Å²) in [6, 6.07) is 35.4. The number of carbonyl (C=O) groups excluding carboxylic acids is 3. The zero-order valence-electron chi connectivity index (χ0n) is 35.6. The number of aryl methyl sites for hydroxylation is 3. The second-order valence-corrected chi connectivity index (χ2v) is 17.1. The van der Waals surface area contributed by atoms with Crippen LogP contribution in [0.2, 0.25) is 0 Å². The molecule has 0 aliphatic heterocycles. The number of carbonyl (C=O) groups is 3. The summed E-state index contributed by atoms with van der Waals surface area (Å²) in [7, 11) is -7.40. The average Bonchev–Trinajstić information content (AvgIpc) is 3.24. The molecule has 0 aliphatic rings. The number of benzene rings is 6.